The third-order valence-corrected chi connectivity index (χ3v) is 4.22. The lowest BCUT2D eigenvalue weighted by atomic mass is 10.2. The van der Waals surface area contributed by atoms with E-state index in [4.69, 9.17) is 4.74 Å². The quantitative estimate of drug-likeness (QED) is 0.925. The van der Waals surface area contributed by atoms with Crippen LogP contribution in [0.2, 0.25) is 0 Å². The lowest BCUT2D eigenvalue weighted by Gasteiger charge is -2.32. The highest BCUT2D eigenvalue weighted by molar-refractivity contribution is 7.11. The first-order valence-corrected chi connectivity index (χ1v) is 7.57. The van der Waals surface area contributed by atoms with Crippen LogP contribution in [0.3, 0.4) is 0 Å². The molecular formula is C14H23ClN2O2S. The molecule has 1 fully saturated rings. The van der Waals surface area contributed by atoms with E-state index >= 15 is 0 Å². The van der Waals surface area contributed by atoms with Crippen molar-refractivity contribution in [3.8, 4) is 0 Å². The van der Waals surface area contributed by atoms with Gasteiger partial charge >= 0.3 is 0 Å². The number of amides is 1. The van der Waals surface area contributed by atoms with Gasteiger partial charge in [0.05, 0.1) is 13.2 Å². The van der Waals surface area contributed by atoms with Crippen molar-refractivity contribution in [2.75, 3.05) is 19.7 Å². The van der Waals surface area contributed by atoms with Crippen LogP contribution in [0.5, 0.6) is 0 Å². The van der Waals surface area contributed by atoms with E-state index in [-0.39, 0.29) is 30.5 Å². The molecule has 20 heavy (non-hydrogen) atoms. The molecule has 1 unspecified atom stereocenters. The fourth-order valence-electron chi connectivity index (χ4n) is 2.16. The highest BCUT2D eigenvalue weighted by atomic mass is 35.5. The average molecular weight is 319 g/mol. The first kappa shape index (κ1) is 17.4. The molecule has 1 saturated heterocycles. The van der Waals surface area contributed by atoms with Gasteiger partial charge in [0.2, 0.25) is 0 Å². The molecule has 2 heterocycles. The summed E-state index contributed by atoms with van der Waals surface area (Å²) < 4.78 is 5.56. The van der Waals surface area contributed by atoms with Crippen LogP contribution in [0, 0.1) is 6.92 Å². The number of carbonyl (C=O) groups excluding carboxylic acids is 1. The van der Waals surface area contributed by atoms with Crippen LogP contribution in [0.1, 0.15) is 23.6 Å². The summed E-state index contributed by atoms with van der Waals surface area (Å²) in [4.78, 5) is 16.9. The van der Waals surface area contributed by atoms with Gasteiger partial charge in [-0.3, -0.25) is 4.79 Å². The van der Waals surface area contributed by atoms with Gasteiger partial charge in [-0.15, -0.1) is 23.7 Å². The fraction of sp³-hybridized carbons (Fsp3) is 0.643. The van der Waals surface area contributed by atoms with Crippen molar-refractivity contribution < 1.29 is 9.53 Å². The smallest absolute Gasteiger partial charge is 0.253 e. The molecule has 0 bridgehead atoms. The van der Waals surface area contributed by atoms with Gasteiger partial charge in [-0.2, -0.15) is 0 Å². The molecule has 114 valence electrons. The molecule has 0 aliphatic carbocycles. The summed E-state index contributed by atoms with van der Waals surface area (Å²) in [5.41, 5.74) is 0. The van der Waals surface area contributed by atoms with E-state index in [1.165, 1.54) is 9.75 Å². The summed E-state index contributed by atoms with van der Waals surface area (Å²) in [5.74, 6) is 0.0910. The molecule has 0 saturated carbocycles. The third kappa shape index (κ3) is 4.45. The van der Waals surface area contributed by atoms with E-state index in [0.717, 1.165) is 6.54 Å². The lowest BCUT2D eigenvalue weighted by molar-refractivity contribution is -0.147. The largest absolute Gasteiger partial charge is 0.366 e. The molecular weight excluding hydrogens is 296 g/mol. The summed E-state index contributed by atoms with van der Waals surface area (Å²) in [7, 11) is 0. The number of nitrogens with zero attached hydrogens (tertiary/aromatic N) is 1. The molecule has 1 N–H and O–H groups in total. The van der Waals surface area contributed by atoms with Gasteiger partial charge in [0.15, 0.2) is 0 Å². The maximum atomic E-state index is 12.5. The van der Waals surface area contributed by atoms with Gasteiger partial charge < -0.3 is 15.0 Å². The normalized spacial score (nSPS) is 18.7. The Balaban J connectivity index is 0.00000200. The number of nitrogens with one attached hydrogen (secondary N) is 1. The molecule has 6 heteroatoms. The molecule has 1 aliphatic rings. The zero-order valence-electron chi connectivity index (χ0n) is 12.2. The maximum absolute atomic E-state index is 12.5. The number of ether oxygens (including phenoxy) is 1. The van der Waals surface area contributed by atoms with Crippen LogP contribution >= 0.6 is 23.7 Å². The number of rotatable bonds is 4. The van der Waals surface area contributed by atoms with E-state index in [1.807, 2.05) is 4.90 Å². The van der Waals surface area contributed by atoms with Crippen molar-refractivity contribution in [2.45, 2.75) is 39.5 Å². The highest BCUT2D eigenvalue weighted by Gasteiger charge is 2.28. The molecule has 2 rings (SSSR count). The Morgan fingerprint density at radius 2 is 2.30 bits per heavy atom. The first-order valence-electron chi connectivity index (χ1n) is 6.76. The van der Waals surface area contributed by atoms with E-state index in [2.05, 4.69) is 38.2 Å². The number of hydrogen-bond acceptors (Lipinski definition) is 4. The summed E-state index contributed by atoms with van der Waals surface area (Å²) in [6.45, 7) is 8.92. The van der Waals surface area contributed by atoms with Crippen molar-refractivity contribution in [2.24, 2.45) is 0 Å². The van der Waals surface area contributed by atoms with Gasteiger partial charge in [-0.05, 0) is 32.9 Å². The van der Waals surface area contributed by atoms with E-state index in [9.17, 15) is 4.79 Å². The van der Waals surface area contributed by atoms with Crippen LogP contribution in [-0.4, -0.2) is 42.6 Å². The van der Waals surface area contributed by atoms with E-state index < -0.39 is 0 Å². The van der Waals surface area contributed by atoms with Gasteiger partial charge in [-0.25, -0.2) is 0 Å². The second-order valence-corrected chi connectivity index (χ2v) is 6.51. The second-order valence-electron chi connectivity index (χ2n) is 5.14. The fourth-order valence-corrected chi connectivity index (χ4v) is 3.05. The Hall–Kier alpha value is -0.620. The number of morpholine rings is 1. The van der Waals surface area contributed by atoms with Crippen molar-refractivity contribution >= 4 is 29.7 Å². The number of hydrogen-bond donors (Lipinski definition) is 1. The zero-order valence-corrected chi connectivity index (χ0v) is 13.9. The lowest BCUT2D eigenvalue weighted by Crippen LogP contribution is -2.50. The van der Waals surface area contributed by atoms with Crippen LogP contribution < -0.4 is 5.32 Å². The Bertz CT molecular complexity index is 431. The van der Waals surface area contributed by atoms with Gasteiger partial charge in [-0.1, -0.05) is 0 Å². The SMILES string of the molecule is Cc1ccc(CN(C(=O)C2CNCCO2)C(C)C)s1.Cl. The predicted octanol–water partition coefficient (Wildman–Crippen LogP) is 2.20. The molecule has 1 atom stereocenters. The standard InChI is InChI=1S/C14H22N2O2S.ClH/c1-10(2)16(9-12-5-4-11(3)19-12)14(17)13-8-15-6-7-18-13;/h4-5,10,13,15H,6-9H2,1-3H3;1H. The molecule has 0 spiro atoms. The minimum absolute atomic E-state index is 0. The predicted molar refractivity (Wildman–Crippen MR) is 84.6 cm³/mol. The van der Waals surface area contributed by atoms with Gasteiger partial charge in [0.1, 0.15) is 6.10 Å². The highest BCUT2D eigenvalue weighted by Crippen LogP contribution is 2.19. The molecule has 1 amide bonds. The second kappa shape index (κ2) is 7.98. The van der Waals surface area contributed by atoms with Gasteiger partial charge in [0.25, 0.3) is 5.91 Å². The summed E-state index contributed by atoms with van der Waals surface area (Å²) in [6, 6.07) is 4.38. The summed E-state index contributed by atoms with van der Waals surface area (Å²) >= 11 is 1.75. The van der Waals surface area contributed by atoms with Crippen molar-refractivity contribution in [1.29, 1.82) is 0 Å². The molecule has 0 radical (unpaired) electrons. The van der Waals surface area contributed by atoms with Crippen molar-refractivity contribution in [3.63, 3.8) is 0 Å². The van der Waals surface area contributed by atoms with Crippen LogP contribution in [0.15, 0.2) is 12.1 Å². The number of thiophene rings is 1. The van der Waals surface area contributed by atoms with E-state index in [1.54, 1.807) is 11.3 Å². The van der Waals surface area contributed by atoms with Crippen molar-refractivity contribution in [3.05, 3.63) is 21.9 Å². The third-order valence-electron chi connectivity index (χ3n) is 3.23. The number of carbonyl (C=O) groups is 1. The Labute approximate surface area is 130 Å². The molecule has 0 aromatic carbocycles. The minimum Gasteiger partial charge on any atom is -0.366 e. The Morgan fingerprint density at radius 1 is 1.55 bits per heavy atom. The maximum Gasteiger partial charge on any atom is 0.253 e. The number of halogens is 1. The minimum atomic E-state index is -0.336. The molecule has 1 aliphatic heterocycles. The zero-order chi connectivity index (χ0) is 13.8. The molecule has 1 aromatic rings. The first-order chi connectivity index (χ1) is 9.08. The average Bonchev–Trinajstić information content (AvgIpc) is 2.81. The number of aryl methyl sites for hydroxylation is 1. The van der Waals surface area contributed by atoms with Crippen LogP contribution in [0.25, 0.3) is 0 Å². The monoisotopic (exact) mass is 318 g/mol. The van der Waals surface area contributed by atoms with Gasteiger partial charge in [0, 0.05) is 28.9 Å². The van der Waals surface area contributed by atoms with Crippen molar-refractivity contribution in [1.82, 2.24) is 10.2 Å². The van der Waals surface area contributed by atoms with Crippen LogP contribution in [-0.2, 0) is 16.1 Å². The van der Waals surface area contributed by atoms with Crippen LogP contribution in [0.4, 0.5) is 0 Å². The summed E-state index contributed by atoms with van der Waals surface area (Å²) in [5, 5.41) is 3.21. The Morgan fingerprint density at radius 3 is 2.80 bits per heavy atom. The topological polar surface area (TPSA) is 41.6 Å². The molecule has 4 nitrogen and oxygen atoms in total. The summed E-state index contributed by atoms with van der Waals surface area (Å²) in [6.07, 6.45) is -0.336. The van der Waals surface area contributed by atoms with E-state index in [0.29, 0.717) is 19.7 Å². The Kier molecular flexibility index (Phi) is 6.95. The molecule has 1 aromatic heterocycles.